The van der Waals surface area contributed by atoms with Crippen LogP contribution in [-0.4, -0.2) is 16.9 Å². The zero-order valence-corrected chi connectivity index (χ0v) is 12.3. The monoisotopic (exact) mass is 288 g/mol. The zero-order valence-electron chi connectivity index (χ0n) is 12.3. The molecule has 5 heteroatoms. The summed E-state index contributed by atoms with van der Waals surface area (Å²) in [5.41, 5.74) is 1.60. The van der Waals surface area contributed by atoms with E-state index in [0.29, 0.717) is 17.0 Å². The van der Waals surface area contributed by atoms with Crippen molar-refractivity contribution in [2.24, 2.45) is 0 Å². The molecule has 110 valence electrons. The first-order valence-corrected chi connectivity index (χ1v) is 6.55. The first-order valence-electron chi connectivity index (χ1n) is 6.55. The second-order valence-electron chi connectivity index (χ2n) is 4.85. The van der Waals surface area contributed by atoms with Crippen molar-refractivity contribution in [2.45, 2.75) is 20.4 Å². The number of rotatable bonds is 4. The van der Waals surface area contributed by atoms with Crippen molar-refractivity contribution in [1.82, 2.24) is 9.78 Å². The minimum atomic E-state index is -0.354. The van der Waals surface area contributed by atoms with Gasteiger partial charge in [0.2, 0.25) is 0 Å². The van der Waals surface area contributed by atoms with E-state index in [1.807, 2.05) is 24.3 Å². The van der Waals surface area contributed by atoms with Crippen molar-refractivity contribution in [3.63, 3.8) is 0 Å². The summed E-state index contributed by atoms with van der Waals surface area (Å²) in [6.45, 7) is 3.16. The van der Waals surface area contributed by atoms with Crippen molar-refractivity contribution in [2.75, 3.05) is 7.11 Å². The van der Waals surface area contributed by atoms with E-state index in [-0.39, 0.29) is 17.9 Å². The van der Waals surface area contributed by atoms with Crippen LogP contribution in [0.1, 0.15) is 13.8 Å². The molecule has 0 aliphatic carbocycles. The summed E-state index contributed by atoms with van der Waals surface area (Å²) in [7, 11) is 1.58. The average Bonchev–Trinajstić information content (AvgIpc) is 2.49. The van der Waals surface area contributed by atoms with Crippen LogP contribution in [-0.2, 0) is 6.54 Å². The zero-order chi connectivity index (χ0) is 15.4. The number of allylic oxidation sites excluding steroid dienone is 2. The predicted octanol–water partition coefficient (Wildman–Crippen LogP) is 3.18. The Morgan fingerprint density at radius 1 is 1.29 bits per heavy atom. The Kier molecular flexibility index (Phi) is 4.52. The standard InChI is InChI=1S/C16H17FN2O2/c1-11(2)14(17)10-19-16(20)8-7-15(18-19)12-5-4-6-13(9-12)21-3/h4-9H,10H2,1-3H3. The molecule has 0 N–H and O–H groups in total. The minimum Gasteiger partial charge on any atom is -0.497 e. The Balaban J connectivity index is 2.43. The number of ether oxygens (including phenoxy) is 1. The molecule has 21 heavy (non-hydrogen) atoms. The molecule has 1 aromatic carbocycles. The molecule has 4 nitrogen and oxygen atoms in total. The van der Waals surface area contributed by atoms with E-state index < -0.39 is 0 Å². The molecular weight excluding hydrogens is 271 g/mol. The molecule has 0 radical (unpaired) electrons. The van der Waals surface area contributed by atoms with Gasteiger partial charge < -0.3 is 4.74 Å². The smallest absolute Gasteiger partial charge is 0.267 e. The molecule has 0 unspecified atom stereocenters. The number of benzene rings is 1. The molecule has 2 aromatic rings. The van der Waals surface area contributed by atoms with Crippen molar-refractivity contribution < 1.29 is 9.13 Å². The quantitative estimate of drug-likeness (QED) is 0.868. The Morgan fingerprint density at radius 3 is 2.71 bits per heavy atom. The first-order chi connectivity index (χ1) is 10.0. The maximum absolute atomic E-state index is 13.7. The van der Waals surface area contributed by atoms with E-state index >= 15 is 0 Å². The maximum Gasteiger partial charge on any atom is 0.267 e. The summed E-state index contributed by atoms with van der Waals surface area (Å²) < 4.78 is 20.0. The lowest BCUT2D eigenvalue weighted by Gasteiger charge is -2.08. The van der Waals surface area contributed by atoms with Gasteiger partial charge in [0.05, 0.1) is 19.3 Å². The molecule has 2 rings (SSSR count). The van der Waals surface area contributed by atoms with Gasteiger partial charge in [-0.25, -0.2) is 9.07 Å². The summed E-state index contributed by atoms with van der Waals surface area (Å²) in [6, 6.07) is 10.3. The topological polar surface area (TPSA) is 44.1 Å². The van der Waals surface area contributed by atoms with Gasteiger partial charge in [-0.15, -0.1) is 0 Å². The third kappa shape index (κ3) is 3.56. The summed E-state index contributed by atoms with van der Waals surface area (Å²) in [4.78, 5) is 11.8. The van der Waals surface area contributed by atoms with Crippen LogP contribution >= 0.6 is 0 Å². The van der Waals surface area contributed by atoms with E-state index in [1.54, 1.807) is 27.0 Å². The first kappa shape index (κ1) is 15.0. The largest absolute Gasteiger partial charge is 0.497 e. The van der Waals surface area contributed by atoms with Crippen molar-refractivity contribution in [1.29, 1.82) is 0 Å². The van der Waals surface area contributed by atoms with Crippen LogP contribution in [0, 0.1) is 0 Å². The molecule has 0 amide bonds. The molecule has 0 saturated carbocycles. The van der Waals surface area contributed by atoms with Crippen molar-refractivity contribution in [3.05, 3.63) is 58.2 Å². The highest BCUT2D eigenvalue weighted by Crippen LogP contribution is 2.21. The van der Waals surface area contributed by atoms with Gasteiger partial charge in [0, 0.05) is 11.6 Å². The number of nitrogens with zero attached hydrogens (tertiary/aromatic N) is 2. The highest BCUT2D eigenvalue weighted by Gasteiger charge is 2.07. The summed E-state index contributed by atoms with van der Waals surface area (Å²) in [6.07, 6.45) is 0. The maximum atomic E-state index is 13.7. The third-order valence-corrected chi connectivity index (χ3v) is 3.06. The van der Waals surface area contributed by atoms with Gasteiger partial charge in [-0.3, -0.25) is 4.79 Å². The molecule has 0 aliphatic rings. The Bertz CT molecular complexity index is 731. The van der Waals surface area contributed by atoms with Gasteiger partial charge in [-0.2, -0.15) is 5.10 Å². The number of methoxy groups -OCH3 is 1. The lowest BCUT2D eigenvalue weighted by Crippen LogP contribution is -2.22. The predicted molar refractivity (Wildman–Crippen MR) is 80.0 cm³/mol. The summed E-state index contributed by atoms with van der Waals surface area (Å²) in [5, 5.41) is 4.21. The van der Waals surface area contributed by atoms with Crippen LogP contribution in [0.2, 0.25) is 0 Å². The lowest BCUT2D eigenvalue weighted by atomic mass is 10.1. The second-order valence-corrected chi connectivity index (χ2v) is 4.85. The Morgan fingerprint density at radius 2 is 2.05 bits per heavy atom. The number of aromatic nitrogens is 2. The highest BCUT2D eigenvalue weighted by atomic mass is 19.1. The fourth-order valence-electron chi connectivity index (χ4n) is 1.79. The van der Waals surface area contributed by atoms with E-state index in [0.717, 1.165) is 10.2 Å². The molecule has 0 bridgehead atoms. The van der Waals surface area contributed by atoms with Crippen molar-refractivity contribution in [3.8, 4) is 17.0 Å². The van der Waals surface area contributed by atoms with Gasteiger partial charge >= 0.3 is 0 Å². The third-order valence-electron chi connectivity index (χ3n) is 3.06. The molecule has 0 fully saturated rings. The van der Waals surface area contributed by atoms with Crippen molar-refractivity contribution >= 4 is 0 Å². The Labute approximate surface area is 122 Å². The fourth-order valence-corrected chi connectivity index (χ4v) is 1.79. The molecule has 1 heterocycles. The van der Waals surface area contributed by atoms with Gasteiger partial charge in [0.25, 0.3) is 5.56 Å². The summed E-state index contributed by atoms with van der Waals surface area (Å²) in [5.74, 6) is 0.343. The molecule has 0 aliphatic heterocycles. The normalized spacial score (nSPS) is 10.3. The van der Waals surface area contributed by atoms with Crippen LogP contribution in [0.5, 0.6) is 5.75 Å². The van der Waals surface area contributed by atoms with E-state index in [4.69, 9.17) is 4.74 Å². The number of halogens is 1. The SMILES string of the molecule is COc1cccc(-c2ccc(=O)n(CC(F)=C(C)C)n2)c1. The van der Waals surface area contributed by atoms with Gasteiger partial charge in [-0.1, -0.05) is 12.1 Å². The fraction of sp³-hybridized carbons (Fsp3) is 0.250. The van der Waals surface area contributed by atoms with Crippen LogP contribution < -0.4 is 10.3 Å². The van der Waals surface area contributed by atoms with Crippen LogP contribution in [0.4, 0.5) is 4.39 Å². The highest BCUT2D eigenvalue weighted by molar-refractivity contribution is 5.60. The Hall–Kier alpha value is -2.43. The average molecular weight is 288 g/mol. The lowest BCUT2D eigenvalue weighted by molar-refractivity contribution is 0.415. The van der Waals surface area contributed by atoms with Gasteiger partial charge in [-0.05, 0) is 37.6 Å². The molecule has 0 saturated heterocycles. The van der Waals surface area contributed by atoms with Crippen LogP contribution in [0.15, 0.2) is 52.6 Å². The number of hydrogen-bond donors (Lipinski definition) is 0. The molecule has 0 spiro atoms. The van der Waals surface area contributed by atoms with E-state index in [2.05, 4.69) is 5.10 Å². The molecular formula is C16H17FN2O2. The molecule has 0 atom stereocenters. The second kappa shape index (κ2) is 6.35. The number of hydrogen-bond acceptors (Lipinski definition) is 3. The summed E-state index contributed by atoms with van der Waals surface area (Å²) >= 11 is 0. The van der Waals surface area contributed by atoms with E-state index in [9.17, 15) is 9.18 Å². The molecule has 1 aromatic heterocycles. The van der Waals surface area contributed by atoms with E-state index in [1.165, 1.54) is 6.07 Å². The van der Waals surface area contributed by atoms with Gasteiger partial charge in [0.15, 0.2) is 0 Å². The minimum absolute atomic E-state index is 0.154. The van der Waals surface area contributed by atoms with Gasteiger partial charge in [0.1, 0.15) is 11.6 Å². The van der Waals surface area contributed by atoms with Crippen LogP contribution in [0.3, 0.4) is 0 Å². The van der Waals surface area contributed by atoms with Crippen LogP contribution in [0.25, 0.3) is 11.3 Å².